The van der Waals surface area contributed by atoms with Gasteiger partial charge in [-0.05, 0) is 32.1 Å². The van der Waals surface area contributed by atoms with E-state index >= 15 is 0 Å². The van der Waals surface area contributed by atoms with Gasteiger partial charge in [0, 0.05) is 25.2 Å². The Morgan fingerprint density at radius 3 is 2.54 bits per heavy atom. The number of nitrogens with zero attached hydrogens (tertiary/aromatic N) is 1. The lowest BCUT2D eigenvalue weighted by atomic mass is 9.97. The van der Waals surface area contributed by atoms with Crippen molar-refractivity contribution in [3.05, 3.63) is 0 Å². The minimum absolute atomic E-state index is 0.307. The van der Waals surface area contributed by atoms with Crippen molar-refractivity contribution < 1.29 is 5.11 Å². The predicted molar refractivity (Wildman–Crippen MR) is 55.7 cm³/mol. The maximum atomic E-state index is 9.00. The molecule has 0 bridgehead atoms. The second kappa shape index (κ2) is 3.97. The van der Waals surface area contributed by atoms with Gasteiger partial charge >= 0.3 is 0 Å². The highest BCUT2D eigenvalue weighted by Crippen LogP contribution is 2.32. The number of aliphatic hydroxyl groups excluding tert-OH is 1. The molecule has 1 N–H and O–H groups in total. The summed E-state index contributed by atoms with van der Waals surface area (Å²) < 4.78 is 0. The van der Waals surface area contributed by atoms with Crippen molar-refractivity contribution in [3.8, 4) is 0 Å². The van der Waals surface area contributed by atoms with E-state index in [1.807, 2.05) is 0 Å². The van der Waals surface area contributed by atoms with Crippen molar-refractivity contribution in [2.24, 2.45) is 11.8 Å². The summed E-state index contributed by atoms with van der Waals surface area (Å²) in [5, 5.41) is 9.00. The zero-order valence-corrected chi connectivity index (χ0v) is 9.38. The third-order valence-corrected chi connectivity index (χ3v) is 3.08. The van der Waals surface area contributed by atoms with Crippen molar-refractivity contribution in [1.82, 2.24) is 4.90 Å². The van der Waals surface area contributed by atoms with Crippen LogP contribution in [0.1, 0.15) is 34.1 Å². The van der Waals surface area contributed by atoms with Gasteiger partial charge in [-0.1, -0.05) is 13.8 Å². The van der Waals surface area contributed by atoms with Crippen molar-refractivity contribution in [1.29, 1.82) is 0 Å². The molecule has 1 aliphatic rings. The molecule has 2 nitrogen and oxygen atoms in total. The molecule has 1 aliphatic heterocycles. The summed E-state index contributed by atoms with van der Waals surface area (Å²) >= 11 is 0. The largest absolute Gasteiger partial charge is 0.396 e. The van der Waals surface area contributed by atoms with Crippen LogP contribution in [-0.4, -0.2) is 35.2 Å². The zero-order valence-electron chi connectivity index (χ0n) is 9.38. The van der Waals surface area contributed by atoms with E-state index in [2.05, 4.69) is 32.6 Å². The SMILES string of the molecule is CC(CO)CN1CC(C)CC1(C)C. The molecule has 2 unspecified atom stereocenters. The molecule has 0 aromatic rings. The average Bonchev–Trinajstić information content (AvgIpc) is 2.24. The Balaban J connectivity index is 2.50. The van der Waals surface area contributed by atoms with Gasteiger partial charge in [-0.2, -0.15) is 0 Å². The second-order valence-corrected chi connectivity index (χ2v) is 5.31. The lowest BCUT2D eigenvalue weighted by Crippen LogP contribution is -2.41. The number of likely N-dealkylation sites (tertiary alicyclic amines) is 1. The first-order chi connectivity index (χ1) is 5.95. The van der Waals surface area contributed by atoms with E-state index in [9.17, 15) is 0 Å². The summed E-state index contributed by atoms with van der Waals surface area (Å²) in [6, 6.07) is 0. The first kappa shape index (κ1) is 11.0. The van der Waals surface area contributed by atoms with E-state index in [4.69, 9.17) is 5.11 Å². The Kier molecular flexibility index (Phi) is 3.36. The van der Waals surface area contributed by atoms with Crippen LogP contribution in [0.3, 0.4) is 0 Å². The second-order valence-electron chi connectivity index (χ2n) is 5.31. The summed E-state index contributed by atoms with van der Waals surface area (Å²) in [7, 11) is 0. The number of hydrogen-bond acceptors (Lipinski definition) is 2. The highest BCUT2D eigenvalue weighted by molar-refractivity contribution is 4.91. The Morgan fingerprint density at radius 1 is 1.54 bits per heavy atom. The van der Waals surface area contributed by atoms with Crippen LogP contribution >= 0.6 is 0 Å². The molecule has 78 valence electrons. The molecule has 0 aromatic carbocycles. The Hall–Kier alpha value is -0.0800. The summed E-state index contributed by atoms with van der Waals surface area (Å²) in [4.78, 5) is 2.51. The minimum atomic E-state index is 0.307. The molecule has 1 rings (SSSR count). The summed E-state index contributed by atoms with van der Waals surface area (Å²) in [5.74, 6) is 1.21. The topological polar surface area (TPSA) is 23.5 Å². The van der Waals surface area contributed by atoms with Gasteiger partial charge in [0.25, 0.3) is 0 Å². The van der Waals surface area contributed by atoms with Crippen LogP contribution < -0.4 is 0 Å². The quantitative estimate of drug-likeness (QED) is 0.724. The number of rotatable bonds is 3. The van der Waals surface area contributed by atoms with Gasteiger partial charge in [-0.15, -0.1) is 0 Å². The smallest absolute Gasteiger partial charge is 0.0468 e. The molecule has 0 aromatic heterocycles. The summed E-state index contributed by atoms with van der Waals surface area (Å²) in [6.07, 6.45) is 1.28. The van der Waals surface area contributed by atoms with Crippen LogP contribution in [0.2, 0.25) is 0 Å². The van der Waals surface area contributed by atoms with E-state index in [0.717, 1.165) is 12.5 Å². The lowest BCUT2D eigenvalue weighted by Gasteiger charge is -2.33. The minimum Gasteiger partial charge on any atom is -0.396 e. The molecule has 2 atom stereocenters. The van der Waals surface area contributed by atoms with Gasteiger partial charge < -0.3 is 5.11 Å². The third kappa shape index (κ3) is 2.68. The molecule has 0 spiro atoms. The molecule has 0 radical (unpaired) electrons. The van der Waals surface area contributed by atoms with Crippen LogP contribution in [0.15, 0.2) is 0 Å². The van der Waals surface area contributed by atoms with Gasteiger partial charge in [-0.25, -0.2) is 0 Å². The van der Waals surface area contributed by atoms with Crippen LogP contribution in [0.25, 0.3) is 0 Å². The maximum Gasteiger partial charge on any atom is 0.0468 e. The van der Waals surface area contributed by atoms with Gasteiger partial charge in [0.15, 0.2) is 0 Å². The van der Waals surface area contributed by atoms with Crippen molar-refractivity contribution in [2.75, 3.05) is 19.7 Å². The standard InChI is InChI=1S/C11H23NO/c1-9-5-11(3,4)12(6-9)7-10(2)8-13/h9-10,13H,5-8H2,1-4H3. The Morgan fingerprint density at radius 2 is 2.15 bits per heavy atom. The fourth-order valence-electron chi connectivity index (χ4n) is 2.43. The number of aliphatic hydroxyl groups is 1. The molecule has 0 amide bonds. The molecule has 0 saturated carbocycles. The third-order valence-electron chi connectivity index (χ3n) is 3.08. The average molecular weight is 185 g/mol. The molecular formula is C11H23NO. The van der Waals surface area contributed by atoms with Gasteiger partial charge in [0.05, 0.1) is 0 Å². The van der Waals surface area contributed by atoms with E-state index < -0.39 is 0 Å². The first-order valence-electron chi connectivity index (χ1n) is 5.31. The molecule has 13 heavy (non-hydrogen) atoms. The van der Waals surface area contributed by atoms with Crippen molar-refractivity contribution in [3.63, 3.8) is 0 Å². The van der Waals surface area contributed by atoms with Crippen LogP contribution in [0, 0.1) is 11.8 Å². The molecule has 0 aliphatic carbocycles. The fraction of sp³-hybridized carbons (Fsp3) is 1.00. The van der Waals surface area contributed by atoms with E-state index in [1.54, 1.807) is 0 Å². The molecule has 1 fully saturated rings. The normalized spacial score (nSPS) is 30.7. The lowest BCUT2D eigenvalue weighted by molar-refractivity contribution is 0.123. The van der Waals surface area contributed by atoms with E-state index in [1.165, 1.54) is 13.0 Å². The molecule has 1 heterocycles. The molecule has 2 heteroatoms. The van der Waals surface area contributed by atoms with Gasteiger partial charge in [0.2, 0.25) is 0 Å². The maximum absolute atomic E-state index is 9.00. The van der Waals surface area contributed by atoms with Crippen molar-refractivity contribution in [2.45, 2.75) is 39.7 Å². The Bertz CT molecular complexity index is 167. The highest BCUT2D eigenvalue weighted by Gasteiger charge is 2.36. The van der Waals surface area contributed by atoms with Crippen LogP contribution in [0.4, 0.5) is 0 Å². The first-order valence-corrected chi connectivity index (χ1v) is 5.31. The van der Waals surface area contributed by atoms with Gasteiger partial charge in [0.1, 0.15) is 0 Å². The van der Waals surface area contributed by atoms with E-state index in [-0.39, 0.29) is 0 Å². The number of hydrogen-bond donors (Lipinski definition) is 1. The van der Waals surface area contributed by atoms with E-state index in [0.29, 0.717) is 18.1 Å². The van der Waals surface area contributed by atoms with Crippen LogP contribution in [0.5, 0.6) is 0 Å². The monoisotopic (exact) mass is 185 g/mol. The van der Waals surface area contributed by atoms with Gasteiger partial charge in [-0.3, -0.25) is 4.90 Å². The molecule has 1 saturated heterocycles. The summed E-state index contributed by atoms with van der Waals surface area (Å²) in [6.45, 7) is 11.6. The predicted octanol–water partition coefficient (Wildman–Crippen LogP) is 1.74. The summed E-state index contributed by atoms with van der Waals surface area (Å²) in [5.41, 5.74) is 0.336. The highest BCUT2D eigenvalue weighted by atomic mass is 16.3. The van der Waals surface area contributed by atoms with Crippen molar-refractivity contribution >= 4 is 0 Å². The molecular weight excluding hydrogens is 162 g/mol. The van der Waals surface area contributed by atoms with Crippen LogP contribution in [-0.2, 0) is 0 Å². The fourth-order valence-corrected chi connectivity index (χ4v) is 2.43. The Labute approximate surface area is 81.9 Å². The zero-order chi connectivity index (χ0) is 10.1.